The zero-order valence-electron chi connectivity index (χ0n) is 15.2. The fraction of sp³-hybridized carbons (Fsp3) is 0.300. The zero-order valence-corrected chi connectivity index (χ0v) is 17.5. The summed E-state index contributed by atoms with van der Waals surface area (Å²) < 4.78 is 1.04. The molecule has 0 saturated heterocycles. The van der Waals surface area contributed by atoms with E-state index in [9.17, 15) is 0 Å². The Morgan fingerprint density at radius 3 is 2.38 bits per heavy atom. The van der Waals surface area contributed by atoms with Gasteiger partial charge in [-0.25, -0.2) is 9.97 Å². The van der Waals surface area contributed by atoms with Crippen LogP contribution in [-0.4, -0.2) is 49.1 Å². The van der Waals surface area contributed by atoms with Crippen LogP contribution >= 0.6 is 27.5 Å². The molecule has 2 aromatic carbocycles. The number of aromatic nitrogens is 2. The van der Waals surface area contributed by atoms with Gasteiger partial charge in [0.25, 0.3) is 0 Å². The van der Waals surface area contributed by atoms with Crippen molar-refractivity contribution < 1.29 is 0 Å². The first-order valence-electron chi connectivity index (χ1n) is 8.53. The fourth-order valence-electron chi connectivity index (χ4n) is 2.83. The van der Waals surface area contributed by atoms with Crippen molar-refractivity contribution in [1.82, 2.24) is 14.9 Å². The molecule has 0 spiro atoms. The normalized spacial score (nSPS) is 11.3. The van der Waals surface area contributed by atoms with Crippen molar-refractivity contribution in [2.45, 2.75) is 6.42 Å². The molecule has 0 atom stereocenters. The SMILES string of the molecule is CN(C)CCCN(C)c1nc(-c2ccc(Br)cc2)nc2ccc(Cl)cc12. The Bertz CT molecular complexity index is 896. The molecule has 3 rings (SSSR count). The quantitative estimate of drug-likeness (QED) is 0.541. The first-order chi connectivity index (χ1) is 12.4. The number of nitrogens with zero attached hydrogens (tertiary/aromatic N) is 4. The van der Waals surface area contributed by atoms with Crippen molar-refractivity contribution in [3.05, 3.63) is 52.0 Å². The van der Waals surface area contributed by atoms with Gasteiger partial charge in [-0.05, 0) is 57.4 Å². The minimum Gasteiger partial charge on any atom is -0.359 e. The average Bonchev–Trinajstić information content (AvgIpc) is 2.61. The van der Waals surface area contributed by atoms with Gasteiger partial charge in [0, 0.05) is 34.0 Å². The Balaban J connectivity index is 2.03. The Kier molecular flexibility index (Phi) is 6.12. The van der Waals surface area contributed by atoms with Crippen LogP contribution in [0.15, 0.2) is 46.9 Å². The monoisotopic (exact) mass is 432 g/mol. The highest BCUT2D eigenvalue weighted by atomic mass is 79.9. The summed E-state index contributed by atoms with van der Waals surface area (Å²) >= 11 is 9.71. The van der Waals surface area contributed by atoms with Crippen molar-refractivity contribution in [3.8, 4) is 11.4 Å². The first-order valence-corrected chi connectivity index (χ1v) is 9.70. The van der Waals surface area contributed by atoms with Crippen LogP contribution < -0.4 is 4.90 Å². The minimum absolute atomic E-state index is 0.695. The number of hydrogen-bond acceptors (Lipinski definition) is 4. The number of fused-ring (bicyclic) bond motifs is 1. The largest absolute Gasteiger partial charge is 0.359 e. The van der Waals surface area contributed by atoms with Crippen molar-refractivity contribution in [3.63, 3.8) is 0 Å². The Morgan fingerprint density at radius 2 is 1.69 bits per heavy atom. The molecule has 0 unspecified atom stereocenters. The standard InChI is InChI=1S/C20H22BrClN4/c1-25(2)11-4-12-26(3)20-17-13-16(22)9-10-18(17)23-19(24-20)14-5-7-15(21)8-6-14/h5-10,13H,4,11-12H2,1-3H3. The van der Waals surface area contributed by atoms with Crippen molar-refractivity contribution in [2.24, 2.45) is 0 Å². The van der Waals surface area contributed by atoms with Gasteiger partial charge < -0.3 is 9.80 Å². The van der Waals surface area contributed by atoms with Crippen LogP contribution in [0.5, 0.6) is 0 Å². The lowest BCUT2D eigenvalue weighted by molar-refractivity contribution is 0.401. The lowest BCUT2D eigenvalue weighted by Gasteiger charge is -2.21. The molecule has 0 aliphatic heterocycles. The average molecular weight is 434 g/mol. The van der Waals surface area contributed by atoms with Crippen LogP contribution in [-0.2, 0) is 0 Å². The highest BCUT2D eigenvalue weighted by molar-refractivity contribution is 9.10. The van der Waals surface area contributed by atoms with Crippen molar-refractivity contribution >= 4 is 44.3 Å². The van der Waals surface area contributed by atoms with Crippen LogP contribution in [0, 0.1) is 0 Å². The number of anilines is 1. The molecule has 0 aliphatic rings. The van der Waals surface area contributed by atoms with Gasteiger partial charge in [0.05, 0.1) is 5.52 Å². The molecule has 0 saturated carbocycles. The zero-order chi connectivity index (χ0) is 18.7. The van der Waals surface area contributed by atoms with Crippen molar-refractivity contribution in [2.75, 3.05) is 39.1 Å². The fourth-order valence-corrected chi connectivity index (χ4v) is 3.27. The minimum atomic E-state index is 0.695. The van der Waals surface area contributed by atoms with Crippen LogP contribution in [0.1, 0.15) is 6.42 Å². The molecule has 0 fully saturated rings. The van der Waals surface area contributed by atoms with E-state index in [0.29, 0.717) is 5.02 Å². The molecule has 3 aromatic rings. The van der Waals surface area contributed by atoms with E-state index in [1.54, 1.807) is 0 Å². The third kappa shape index (κ3) is 4.53. The van der Waals surface area contributed by atoms with Gasteiger partial charge >= 0.3 is 0 Å². The van der Waals surface area contributed by atoms with Crippen LogP contribution in [0.3, 0.4) is 0 Å². The van der Waals surface area contributed by atoms with E-state index in [-0.39, 0.29) is 0 Å². The summed E-state index contributed by atoms with van der Waals surface area (Å²) in [5.41, 5.74) is 1.89. The molecule has 26 heavy (non-hydrogen) atoms. The molecule has 0 amide bonds. The molecule has 0 bridgehead atoms. The third-order valence-corrected chi connectivity index (χ3v) is 4.96. The molecular weight excluding hydrogens is 412 g/mol. The maximum atomic E-state index is 6.23. The number of halogens is 2. The molecule has 136 valence electrons. The van der Waals surface area contributed by atoms with Crippen LogP contribution in [0.2, 0.25) is 5.02 Å². The molecule has 4 nitrogen and oxygen atoms in total. The maximum absolute atomic E-state index is 6.23. The van der Waals surface area contributed by atoms with Crippen LogP contribution in [0.4, 0.5) is 5.82 Å². The van der Waals surface area contributed by atoms with E-state index in [2.05, 4.69) is 46.9 Å². The number of rotatable bonds is 6. The summed E-state index contributed by atoms with van der Waals surface area (Å²) in [6, 6.07) is 13.8. The summed E-state index contributed by atoms with van der Waals surface area (Å²) in [7, 11) is 6.25. The molecule has 1 aromatic heterocycles. The molecule has 0 aliphatic carbocycles. The summed E-state index contributed by atoms with van der Waals surface area (Å²) in [5, 5.41) is 1.67. The van der Waals surface area contributed by atoms with E-state index in [1.165, 1.54) is 0 Å². The highest BCUT2D eigenvalue weighted by Crippen LogP contribution is 2.29. The second-order valence-corrected chi connectivity index (χ2v) is 7.97. The van der Waals surface area contributed by atoms with Gasteiger partial charge in [-0.15, -0.1) is 0 Å². The molecular formula is C20H22BrClN4. The second-order valence-electron chi connectivity index (χ2n) is 6.62. The van der Waals surface area contributed by atoms with Gasteiger partial charge in [-0.3, -0.25) is 0 Å². The topological polar surface area (TPSA) is 32.3 Å². The van der Waals surface area contributed by atoms with Crippen molar-refractivity contribution in [1.29, 1.82) is 0 Å². The van der Waals surface area contributed by atoms with Gasteiger partial charge in [0.2, 0.25) is 0 Å². The number of benzene rings is 2. The summed E-state index contributed by atoms with van der Waals surface area (Å²) in [6.07, 6.45) is 1.06. The Hall–Kier alpha value is -1.69. The second kappa shape index (κ2) is 8.33. The van der Waals surface area contributed by atoms with E-state index in [4.69, 9.17) is 21.6 Å². The first kappa shape index (κ1) is 19.1. The van der Waals surface area contributed by atoms with Crippen LogP contribution in [0.25, 0.3) is 22.3 Å². The summed E-state index contributed by atoms with van der Waals surface area (Å²) in [4.78, 5) is 14.0. The Morgan fingerprint density at radius 1 is 0.962 bits per heavy atom. The number of hydrogen-bond donors (Lipinski definition) is 0. The lowest BCUT2D eigenvalue weighted by Crippen LogP contribution is -2.24. The summed E-state index contributed by atoms with van der Waals surface area (Å²) in [6.45, 7) is 1.95. The predicted octanol–water partition coefficient (Wildman–Crippen LogP) is 5.10. The maximum Gasteiger partial charge on any atom is 0.162 e. The van der Waals surface area contributed by atoms with E-state index >= 15 is 0 Å². The summed E-state index contributed by atoms with van der Waals surface area (Å²) in [5.74, 6) is 1.64. The predicted molar refractivity (Wildman–Crippen MR) is 114 cm³/mol. The smallest absolute Gasteiger partial charge is 0.162 e. The third-order valence-electron chi connectivity index (χ3n) is 4.20. The van der Waals surface area contributed by atoms with E-state index < -0.39 is 0 Å². The highest BCUT2D eigenvalue weighted by Gasteiger charge is 2.13. The van der Waals surface area contributed by atoms with E-state index in [0.717, 1.165) is 52.1 Å². The van der Waals surface area contributed by atoms with Gasteiger partial charge in [0.1, 0.15) is 5.82 Å². The lowest BCUT2D eigenvalue weighted by atomic mass is 10.1. The molecule has 6 heteroatoms. The van der Waals surface area contributed by atoms with E-state index in [1.807, 2.05) is 42.5 Å². The van der Waals surface area contributed by atoms with Gasteiger partial charge in [0.15, 0.2) is 5.82 Å². The molecule has 0 radical (unpaired) electrons. The molecule has 0 N–H and O–H groups in total. The molecule has 1 heterocycles. The van der Waals surface area contributed by atoms with Gasteiger partial charge in [-0.2, -0.15) is 0 Å². The van der Waals surface area contributed by atoms with Gasteiger partial charge in [-0.1, -0.05) is 39.7 Å². The Labute approximate surface area is 167 Å².